The Balaban J connectivity index is 2.85. The van der Waals surface area contributed by atoms with Gasteiger partial charge in [0.25, 0.3) is 0 Å². The van der Waals surface area contributed by atoms with Gasteiger partial charge in [0.15, 0.2) is 0 Å². The Labute approximate surface area is 87.4 Å². The highest BCUT2D eigenvalue weighted by molar-refractivity contribution is 5.92. The summed E-state index contributed by atoms with van der Waals surface area (Å²) in [5, 5.41) is 9.91. The van der Waals surface area contributed by atoms with Crippen molar-refractivity contribution in [1.82, 2.24) is 4.98 Å². The van der Waals surface area contributed by atoms with Gasteiger partial charge in [-0.1, -0.05) is 18.2 Å². The minimum atomic E-state index is -0.983. The summed E-state index contributed by atoms with van der Waals surface area (Å²) in [6.07, 6.45) is 0. The van der Waals surface area contributed by atoms with Gasteiger partial charge in [0.05, 0.1) is 5.52 Å². The molecule has 0 radical (unpaired) electrons. The number of para-hydroxylation sites is 1. The molecule has 0 aliphatic rings. The van der Waals surface area contributed by atoms with Gasteiger partial charge < -0.3 is 5.11 Å². The van der Waals surface area contributed by atoms with Crippen molar-refractivity contribution in [3.63, 3.8) is 0 Å². The molecule has 3 heteroatoms. The molecule has 0 amide bonds. The Bertz CT molecular complexity index is 547. The number of carbonyl (C=O) groups is 1. The van der Waals surface area contributed by atoms with Gasteiger partial charge in [-0.3, -0.25) is 0 Å². The van der Waals surface area contributed by atoms with E-state index in [0.29, 0.717) is 0 Å². The first-order valence-corrected chi connectivity index (χ1v) is 4.70. The Morgan fingerprint density at radius 2 is 2.00 bits per heavy atom. The number of rotatable bonds is 1. The Hall–Kier alpha value is -1.90. The second kappa shape index (κ2) is 3.35. The van der Waals surface area contributed by atoms with Crippen molar-refractivity contribution in [3.8, 4) is 0 Å². The molecule has 2 aromatic rings. The number of aromatic carboxylic acids is 1. The normalized spacial score (nSPS) is 10.5. The second-order valence-electron chi connectivity index (χ2n) is 3.60. The van der Waals surface area contributed by atoms with Crippen molar-refractivity contribution in [1.29, 1.82) is 0 Å². The quantitative estimate of drug-likeness (QED) is 0.771. The number of carboxylic acids is 1. The van der Waals surface area contributed by atoms with E-state index in [1.807, 2.05) is 32.0 Å². The lowest BCUT2D eigenvalue weighted by Crippen LogP contribution is -2.01. The van der Waals surface area contributed by atoms with Crippen molar-refractivity contribution >= 4 is 16.9 Å². The smallest absolute Gasteiger partial charge is 0.354 e. The number of fused-ring (bicyclic) bond motifs is 1. The van der Waals surface area contributed by atoms with Crippen molar-refractivity contribution in [2.45, 2.75) is 13.8 Å². The molecule has 0 saturated heterocycles. The monoisotopic (exact) mass is 201 g/mol. The Morgan fingerprint density at radius 3 is 2.67 bits per heavy atom. The lowest BCUT2D eigenvalue weighted by Gasteiger charge is -2.05. The minimum absolute atomic E-state index is 0.106. The molecule has 2 rings (SSSR count). The summed E-state index contributed by atoms with van der Waals surface area (Å²) in [5.41, 5.74) is 2.82. The molecule has 1 N–H and O–H groups in total. The first kappa shape index (κ1) is 9.65. The number of pyridine rings is 1. The number of aryl methyl sites for hydroxylation is 2. The van der Waals surface area contributed by atoms with E-state index >= 15 is 0 Å². The molecule has 3 nitrogen and oxygen atoms in total. The largest absolute Gasteiger partial charge is 0.477 e. The van der Waals surface area contributed by atoms with Gasteiger partial charge in [-0.25, -0.2) is 9.78 Å². The van der Waals surface area contributed by atoms with Crippen LogP contribution in [0.15, 0.2) is 24.3 Å². The molecule has 0 saturated carbocycles. The van der Waals surface area contributed by atoms with Gasteiger partial charge in [0.2, 0.25) is 0 Å². The van der Waals surface area contributed by atoms with E-state index in [9.17, 15) is 4.79 Å². The molecule has 15 heavy (non-hydrogen) atoms. The Kier molecular flexibility index (Phi) is 2.15. The predicted octanol–water partition coefficient (Wildman–Crippen LogP) is 2.55. The summed E-state index contributed by atoms with van der Waals surface area (Å²) in [6.45, 7) is 3.83. The number of aromatic nitrogens is 1. The van der Waals surface area contributed by atoms with E-state index in [2.05, 4.69) is 4.98 Å². The highest BCUT2D eigenvalue weighted by Crippen LogP contribution is 2.20. The average Bonchev–Trinajstić information content (AvgIpc) is 2.19. The van der Waals surface area contributed by atoms with Crippen molar-refractivity contribution in [2.24, 2.45) is 0 Å². The third-order valence-electron chi connectivity index (χ3n) is 2.47. The van der Waals surface area contributed by atoms with E-state index in [1.165, 1.54) is 0 Å². The molecule has 0 unspecified atom stereocenters. The highest BCUT2D eigenvalue weighted by atomic mass is 16.4. The Morgan fingerprint density at radius 1 is 1.27 bits per heavy atom. The van der Waals surface area contributed by atoms with Gasteiger partial charge >= 0.3 is 5.97 Å². The lowest BCUT2D eigenvalue weighted by molar-refractivity contribution is 0.0691. The summed E-state index contributed by atoms with van der Waals surface area (Å²) < 4.78 is 0. The molecule has 0 bridgehead atoms. The zero-order chi connectivity index (χ0) is 11.0. The maximum Gasteiger partial charge on any atom is 0.354 e. The zero-order valence-electron chi connectivity index (χ0n) is 8.61. The molecule has 76 valence electrons. The van der Waals surface area contributed by atoms with Crippen LogP contribution < -0.4 is 0 Å². The maximum atomic E-state index is 10.8. The summed E-state index contributed by atoms with van der Waals surface area (Å²) in [5.74, 6) is -0.983. The fourth-order valence-electron chi connectivity index (χ4n) is 1.67. The third kappa shape index (κ3) is 1.56. The van der Waals surface area contributed by atoms with Gasteiger partial charge in [0.1, 0.15) is 5.69 Å². The highest BCUT2D eigenvalue weighted by Gasteiger charge is 2.09. The summed E-state index contributed by atoms with van der Waals surface area (Å²) in [7, 11) is 0. The second-order valence-corrected chi connectivity index (χ2v) is 3.60. The summed E-state index contributed by atoms with van der Waals surface area (Å²) in [4.78, 5) is 15.0. The SMILES string of the molecule is Cc1cc(C(=O)O)nc2c(C)cccc12. The zero-order valence-corrected chi connectivity index (χ0v) is 8.61. The number of nitrogens with zero attached hydrogens (tertiary/aromatic N) is 1. The molecular weight excluding hydrogens is 190 g/mol. The average molecular weight is 201 g/mol. The molecule has 1 aromatic carbocycles. The molecule has 0 fully saturated rings. The molecule has 0 aliphatic heterocycles. The minimum Gasteiger partial charge on any atom is -0.477 e. The summed E-state index contributed by atoms with van der Waals surface area (Å²) in [6, 6.07) is 7.44. The van der Waals surface area contributed by atoms with Crippen molar-refractivity contribution in [2.75, 3.05) is 0 Å². The topological polar surface area (TPSA) is 50.2 Å². The van der Waals surface area contributed by atoms with E-state index < -0.39 is 5.97 Å². The van der Waals surface area contributed by atoms with Crippen molar-refractivity contribution in [3.05, 3.63) is 41.1 Å². The predicted molar refractivity (Wildman–Crippen MR) is 58.2 cm³/mol. The van der Waals surface area contributed by atoms with Gasteiger partial charge in [-0.2, -0.15) is 0 Å². The van der Waals surface area contributed by atoms with Crippen LogP contribution in [0.5, 0.6) is 0 Å². The van der Waals surface area contributed by atoms with Crippen molar-refractivity contribution < 1.29 is 9.90 Å². The molecule has 0 spiro atoms. The van der Waals surface area contributed by atoms with Crippen LogP contribution in [0.4, 0.5) is 0 Å². The van der Waals surface area contributed by atoms with E-state index in [0.717, 1.165) is 22.0 Å². The van der Waals surface area contributed by atoms with Crippen LogP contribution in [0.3, 0.4) is 0 Å². The molecule has 0 atom stereocenters. The van der Waals surface area contributed by atoms with Crippen LogP contribution in [0.1, 0.15) is 21.6 Å². The molecule has 0 aliphatic carbocycles. The van der Waals surface area contributed by atoms with Crippen LogP contribution in [-0.2, 0) is 0 Å². The first-order chi connectivity index (χ1) is 7.09. The fourth-order valence-corrected chi connectivity index (χ4v) is 1.67. The van der Waals surface area contributed by atoms with Crippen LogP contribution in [0.2, 0.25) is 0 Å². The summed E-state index contributed by atoms with van der Waals surface area (Å²) >= 11 is 0. The molecular formula is C12H11NO2. The number of carboxylic acid groups (broad SMARTS) is 1. The van der Waals surface area contributed by atoms with E-state index in [1.54, 1.807) is 6.07 Å². The fraction of sp³-hybridized carbons (Fsp3) is 0.167. The molecule has 1 heterocycles. The van der Waals surface area contributed by atoms with Gasteiger partial charge in [-0.15, -0.1) is 0 Å². The number of hydrogen-bond acceptors (Lipinski definition) is 2. The van der Waals surface area contributed by atoms with Crippen LogP contribution in [-0.4, -0.2) is 16.1 Å². The van der Waals surface area contributed by atoms with Crippen LogP contribution in [0.25, 0.3) is 10.9 Å². The van der Waals surface area contributed by atoms with E-state index in [4.69, 9.17) is 5.11 Å². The van der Waals surface area contributed by atoms with Crippen LogP contribution in [0, 0.1) is 13.8 Å². The lowest BCUT2D eigenvalue weighted by atomic mass is 10.1. The van der Waals surface area contributed by atoms with Crippen LogP contribution >= 0.6 is 0 Å². The maximum absolute atomic E-state index is 10.8. The number of benzene rings is 1. The standard InChI is InChI=1S/C12H11NO2/c1-7-4-3-5-9-8(2)6-10(12(14)15)13-11(7)9/h3-6H,1-2H3,(H,14,15). The molecule has 1 aromatic heterocycles. The van der Waals surface area contributed by atoms with Gasteiger partial charge in [-0.05, 0) is 31.0 Å². The van der Waals surface area contributed by atoms with Gasteiger partial charge in [0, 0.05) is 5.39 Å². The van der Waals surface area contributed by atoms with E-state index in [-0.39, 0.29) is 5.69 Å². The first-order valence-electron chi connectivity index (χ1n) is 4.70. The third-order valence-corrected chi connectivity index (χ3v) is 2.47. The number of hydrogen-bond donors (Lipinski definition) is 1.